The van der Waals surface area contributed by atoms with E-state index in [1.54, 1.807) is 6.07 Å². The van der Waals surface area contributed by atoms with Gasteiger partial charge in [0.1, 0.15) is 0 Å². The monoisotopic (exact) mass is 257 g/mol. The van der Waals surface area contributed by atoms with Gasteiger partial charge in [0.15, 0.2) is 11.5 Å². The summed E-state index contributed by atoms with van der Waals surface area (Å²) in [5.41, 5.74) is 0. The van der Waals surface area contributed by atoms with Gasteiger partial charge in [0.05, 0.1) is 11.0 Å². The number of aliphatic hydroxyl groups is 1. The third-order valence-corrected chi connectivity index (χ3v) is 4.64. The Hall–Kier alpha value is -1.31. The van der Waals surface area contributed by atoms with E-state index in [-0.39, 0.29) is 24.8 Å². The third-order valence-electron chi connectivity index (χ3n) is 2.81. The molecular formula is C10H11NO5S. The molecule has 2 aliphatic heterocycles. The first-order chi connectivity index (χ1) is 8.07. The van der Waals surface area contributed by atoms with Crippen molar-refractivity contribution in [2.24, 2.45) is 0 Å². The van der Waals surface area contributed by atoms with Crippen LogP contribution in [0.5, 0.6) is 11.5 Å². The van der Waals surface area contributed by atoms with E-state index in [1.165, 1.54) is 16.4 Å². The van der Waals surface area contributed by atoms with E-state index in [2.05, 4.69) is 0 Å². The number of fused-ring (bicyclic) bond motifs is 1. The van der Waals surface area contributed by atoms with E-state index in [0.29, 0.717) is 11.5 Å². The van der Waals surface area contributed by atoms with Crippen molar-refractivity contribution in [2.45, 2.75) is 11.0 Å². The molecule has 0 bridgehead atoms. The molecule has 92 valence electrons. The predicted octanol–water partition coefficient (Wildman–Crippen LogP) is -0.219. The van der Waals surface area contributed by atoms with E-state index < -0.39 is 16.1 Å². The molecule has 3 rings (SSSR count). The maximum absolute atomic E-state index is 12.1. The van der Waals surface area contributed by atoms with Crippen LogP contribution in [-0.2, 0) is 10.0 Å². The molecule has 0 saturated carbocycles. The number of sulfonamides is 1. The van der Waals surface area contributed by atoms with Gasteiger partial charge in [0, 0.05) is 19.2 Å². The Labute approximate surface area is 98.4 Å². The Morgan fingerprint density at radius 3 is 2.65 bits per heavy atom. The lowest BCUT2D eigenvalue weighted by Gasteiger charge is -2.34. The van der Waals surface area contributed by atoms with Gasteiger partial charge in [-0.05, 0) is 12.1 Å². The fraction of sp³-hybridized carbons (Fsp3) is 0.400. The van der Waals surface area contributed by atoms with Crippen molar-refractivity contribution < 1.29 is 23.0 Å². The number of β-amino-alcohol motifs (C(OH)–C–C–N with tert-alkyl or cyclic N) is 1. The van der Waals surface area contributed by atoms with E-state index in [4.69, 9.17) is 14.6 Å². The van der Waals surface area contributed by atoms with Gasteiger partial charge in [0.25, 0.3) is 0 Å². The average molecular weight is 257 g/mol. The zero-order chi connectivity index (χ0) is 12.0. The van der Waals surface area contributed by atoms with Crippen LogP contribution in [0.1, 0.15) is 0 Å². The minimum Gasteiger partial charge on any atom is -0.454 e. The minimum atomic E-state index is -3.52. The van der Waals surface area contributed by atoms with Crippen LogP contribution >= 0.6 is 0 Å². The number of aliphatic hydroxyl groups excluding tert-OH is 1. The second-order valence-corrected chi connectivity index (χ2v) is 5.93. The van der Waals surface area contributed by atoms with Crippen LogP contribution < -0.4 is 9.47 Å². The molecule has 6 nitrogen and oxygen atoms in total. The molecule has 1 aromatic rings. The standard InChI is InChI=1S/C10H11NO5S/c12-7-4-11(5-7)17(13,14)8-1-2-9-10(3-8)16-6-15-9/h1-3,7,12H,4-6H2. The van der Waals surface area contributed by atoms with Gasteiger partial charge >= 0.3 is 0 Å². The fourth-order valence-electron chi connectivity index (χ4n) is 1.80. The van der Waals surface area contributed by atoms with E-state index >= 15 is 0 Å². The maximum Gasteiger partial charge on any atom is 0.243 e. The molecule has 0 aliphatic carbocycles. The fourth-order valence-corrected chi connectivity index (χ4v) is 3.33. The smallest absolute Gasteiger partial charge is 0.243 e. The van der Waals surface area contributed by atoms with Crippen LogP contribution in [-0.4, -0.2) is 43.8 Å². The van der Waals surface area contributed by atoms with Crippen LogP contribution in [0.3, 0.4) is 0 Å². The van der Waals surface area contributed by atoms with Crippen molar-refractivity contribution in [3.63, 3.8) is 0 Å². The summed E-state index contributed by atoms with van der Waals surface area (Å²) in [6.45, 7) is 0.412. The Balaban J connectivity index is 1.94. The molecule has 2 heterocycles. The van der Waals surface area contributed by atoms with Crippen LogP contribution in [0.2, 0.25) is 0 Å². The lowest BCUT2D eigenvalue weighted by molar-refractivity contribution is 0.0548. The van der Waals surface area contributed by atoms with Crippen LogP contribution in [0.4, 0.5) is 0 Å². The topological polar surface area (TPSA) is 76.1 Å². The van der Waals surface area contributed by atoms with Crippen molar-refractivity contribution >= 4 is 10.0 Å². The van der Waals surface area contributed by atoms with Crippen molar-refractivity contribution in [1.82, 2.24) is 4.31 Å². The summed E-state index contributed by atoms with van der Waals surface area (Å²) in [6.07, 6.45) is -0.557. The second kappa shape index (κ2) is 3.59. The number of nitrogens with zero attached hydrogens (tertiary/aromatic N) is 1. The van der Waals surface area contributed by atoms with Crippen molar-refractivity contribution in [1.29, 1.82) is 0 Å². The quantitative estimate of drug-likeness (QED) is 0.792. The molecule has 0 atom stereocenters. The Bertz CT molecular complexity index is 550. The highest BCUT2D eigenvalue weighted by molar-refractivity contribution is 7.89. The van der Waals surface area contributed by atoms with Gasteiger partial charge in [-0.1, -0.05) is 0 Å². The summed E-state index contributed by atoms with van der Waals surface area (Å²) >= 11 is 0. The van der Waals surface area contributed by atoms with E-state index in [9.17, 15) is 8.42 Å². The summed E-state index contributed by atoms with van der Waals surface area (Å²) in [5, 5.41) is 9.13. The van der Waals surface area contributed by atoms with Gasteiger partial charge in [0.2, 0.25) is 16.8 Å². The first-order valence-electron chi connectivity index (χ1n) is 5.15. The molecule has 0 amide bonds. The molecule has 0 unspecified atom stereocenters. The molecule has 7 heteroatoms. The highest BCUT2D eigenvalue weighted by Crippen LogP contribution is 2.35. The highest BCUT2D eigenvalue weighted by Gasteiger charge is 2.36. The molecule has 17 heavy (non-hydrogen) atoms. The molecule has 2 aliphatic rings. The number of hydrogen-bond donors (Lipinski definition) is 1. The number of benzene rings is 1. The molecular weight excluding hydrogens is 246 g/mol. The van der Waals surface area contributed by atoms with Crippen LogP contribution in [0.15, 0.2) is 23.1 Å². The Kier molecular flexibility index (Phi) is 2.29. The summed E-state index contributed by atoms with van der Waals surface area (Å²) in [7, 11) is -3.52. The average Bonchev–Trinajstić information content (AvgIpc) is 2.71. The highest BCUT2D eigenvalue weighted by atomic mass is 32.2. The normalized spacial score (nSPS) is 20.3. The molecule has 0 aromatic heterocycles. The first kappa shape index (κ1) is 10.8. The number of hydrogen-bond acceptors (Lipinski definition) is 5. The lowest BCUT2D eigenvalue weighted by atomic mass is 10.2. The molecule has 1 fully saturated rings. The van der Waals surface area contributed by atoms with Crippen molar-refractivity contribution in [3.05, 3.63) is 18.2 Å². The molecule has 1 saturated heterocycles. The molecule has 0 radical (unpaired) electrons. The summed E-state index contributed by atoms with van der Waals surface area (Å²) < 4.78 is 35.6. The molecule has 0 spiro atoms. The summed E-state index contributed by atoms with van der Waals surface area (Å²) in [4.78, 5) is 0.161. The van der Waals surface area contributed by atoms with Gasteiger partial charge in [-0.25, -0.2) is 8.42 Å². The van der Waals surface area contributed by atoms with Gasteiger partial charge in [-0.3, -0.25) is 0 Å². The first-order valence-corrected chi connectivity index (χ1v) is 6.59. The van der Waals surface area contributed by atoms with Gasteiger partial charge in [-0.15, -0.1) is 0 Å². The van der Waals surface area contributed by atoms with E-state index in [0.717, 1.165) is 0 Å². The SMILES string of the molecule is O=S(=O)(c1ccc2c(c1)OCO2)N1CC(O)C1. The van der Waals surface area contributed by atoms with Gasteiger partial charge in [-0.2, -0.15) is 4.31 Å². The Morgan fingerprint density at radius 1 is 1.24 bits per heavy atom. The minimum absolute atomic E-state index is 0.112. The summed E-state index contributed by atoms with van der Waals surface area (Å²) in [6, 6.07) is 4.50. The maximum atomic E-state index is 12.1. The summed E-state index contributed by atoms with van der Waals surface area (Å²) in [5.74, 6) is 0.986. The predicted molar refractivity (Wildman–Crippen MR) is 57.3 cm³/mol. The molecule has 1 N–H and O–H groups in total. The van der Waals surface area contributed by atoms with Crippen molar-refractivity contribution in [2.75, 3.05) is 19.9 Å². The largest absolute Gasteiger partial charge is 0.454 e. The van der Waals surface area contributed by atoms with Crippen LogP contribution in [0, 0.1) is 0 Å². The molecule has 1 aromatic carbocycles. The lowest BCUT2D eigenvalue weighted by Crippen LogP contribution is -2.53. The zero-order valence-electron chi connectivity index (χ0n) is 8.87. The number of ether oxygens (including phenoxy) is 2. The second-order valence-electron chi connectivity index (χ2n) is 3.99. The van der Waals surface area contributed by atoms with Crippen LogP contribution in [0.25, 0.3) is 0 Å². The number of rotatable bonds is 2. The Morgan fingerprint density at radius 2 is 1.94 bits per heavy atom. The third kappa shape index (κ3) is 1.67. The van der Waals surface area contributed by atoms with Crippen molar-refractivity contribution in [3.8, 4) is 11.5 Å². The zero-order valence-corrected chi connectivity index (χ0v) is 9.68. The van der Waals surface area contributed by atoms with E-state index in [1.807, 2.05) is 0 Å². The van der Waals surface area contributed by atoms with Gasteiger partial charge < -0.3 is 14.6 Å².